The van der Waals surface area contributed by atoms with Gasteiger partial charge in [0.05, 0.1) is 6.42 Å². The van der Waals surface area contributed by atoms with E-state index in [1.807, 2.05) is 31.2 Å². The largest absolute Gasteiger partial charge is 0.481 e. The Balaban J connectivity index is 1.50. The number of aromatic nitrogens is 2. The molecule has 2 amide bonds. The fraction of sp³-hybridized carbons (Fsp3) is 0.300. The summed E-state index contributed by atoms with van der Waals surface area (Å²) in [6.45, 7) is 5.69. The van der Waals surface area contributed by atoms with E-state index in [1.54, 1.807) is 24.3 Å². The molecule has 1 saturated carbocycles. The lowest BCUT2D eigenvalue weighted by atomic mass is 10.1. The van der Waals surface area contributed by atoms with Crippen LogP contribution in [0.4, 0.5) is 11.5 Å². The van der Waals surface area contributed by atoms with Crippen molar-refractivity contribution in [1.29, 1.82) is 0 Å². The molecule has 3 N–H and O–H groups in total. The van der Waals surface area contributed by atoms with E-state index in [9.17, 15) is 19.5 Å². The topological polar surface area (TPSA) is 125 Å². The highest BCUT2D eigenvalue weighted by Crippen LogP contribution is 2.27. The van der Waals surface area contributed by atoms with Gasteiger partial charge in [-0.3, -0.25) is 14.4 Å². The van der Waals surface area contributed by atoms with Crippen molar-refractivity contribution in [2.24, 2.45) is 0 Å². The number of nitrogens with one attached hydrogen (secondary N) is 2. The Hall–Kier alpha value is -4.24. The van der Waals surface area contributed by atoms with E-state index in [-0.39, 0.29) is 40.9 Å². The molecule has 2 aromatic carbocycles. The number of benzene rings is 2. The zero-order valence-corrected chi connectivity index (χ0v) is 23.1. The average Bonchev–Trinajstić information content (AvgIpc) is 3.43. The number of aliphatic carboxylic acids is 1. The van der Waals surface area contributed by atoms with Crippen molar-refractivity contribution in [1.82, 2.24) is 15.3 Å². The maximum atomic E-state index is 12.7. The van der Waals surface area contributed by atoms with Crippen LogP contribution in [0, 0.1) is 6.92 Å². The van der Waals surface area contributed by atoms with E-state index in [1.165, 1.54) is 11.1 Å². The van der Waals surface area contributed by atoms with Crippen LogP contribution in [0.1, 0.15) is 58.6 Å². The third-order valence-electron chi connectivity index (χ3n) is 6.72. The SMILES string of the molecule is C=CN(CC(=O)NC1CCCC1)c1nc(Cc2ccc(NC(=O)c3ccc(C)cc3)cc2)nc(Cl)c1CC(=O)O. The molecule has 1 aromatic heterocycles. The third kappa shape index (κ3) is 7.66. The molecular formula is C30H32ClN5O4. The first kappa shape index (κ1) is 28.8. The van der Waals surface area contributed by atoms with Gasteiger partial charge in [0.15, 0.2) is 0 Å². The number of anilines is 2. The number of hydrogen-bond acceptors (Lipinski definition) is 6. The highest BCUT2D eigenvalue weighted by Gasteiger charge is 2.23. The van der Waals surface area contributed by atoms with Crippen LogP contribution < -0.4 is 15.5 Å². The lowest BCUT2D eigenvalue weighted by Gasteiger charge is -2.23. The Morgan fingerprint density at radius 3 is 2.38 bits per heavy atom. The highest BCUT2D eigenvalue weighted by molar-refractivity contribution is 6.30. The molecule has 1 fully saturated rings. The smallest absolute Gasteiger partial charge is 0.308 e. The predicted octanol–water partition coefficient (Wildman–Crippen LogP) is 4.92. The third-order valence-corrected chi connectivity index (χ3v) is 7.04. The first-order valence-corrected chi connectivity index (χ1v) is 13.5. The van der Waals surface area contributed by atoms with E-state index in [2.05, 4.69) is 27.2 Å². The van der Waals surface area contributed by atoms with Crippen molar-refractivity contribution in [3.8, 4) is 0 Å². The minimum absolute atomic E-state index is 0.00688. The summed E-state index contributed by atoms with van der Waals surface area (Å²) in [4.78, 5) is 47.2. The van der Waals surface area contributed by atoms with Gasteiger partial charge in [0.25, 0.3) is 5.91 Å². The molecule has 0 unspecified atom stereocenters. The molecule has 0 radical (unpaired) electrons. The van der Waals surface area contributed by atoms with Crippen LogP contribution >= 0.6 is 11.6 Å². The van der Waals surface area contributed by atoms with Gasteiger partial charge in [-0.1, -0.05) is 60.9 Å². The Kier molecular flexibility index (Phi) is 9.50. The minimum Gasteiger partial charge on any atom is -0.481 e. The monoisotopic (exact) mass is 561 g/mol. The molecule has 10 heteroatoms. The number of nitrogens with zero attached hydrogens (tertiary/aromatic N) is 3. The number of halogens is 1. The zero-order valence-electron chi connectivity index (χ0n) is 22.3. The quantitative estimate of drug-likeness (QED) is 0.284. The first-order valence-electron chi connectivity index (χ1n) is 13.1. The van der Waals surface area contributed by atoms with Crippen molar-refractivity contribution in [2.75, 3.05) is 16.8 Å². The summed E-state index contributed by atoms with van der Waals surface area (Å²) >= 11 is 6.45. The summed E-state index contributed by atoms with van der Waals surface area (Å²) in [7, 11) is 0. The van der Waals surface area contributed by atoms with E-state index < -0.39 is 12.4 Å². The number of carboxylic acid groups (broad SMARTS) is 1. The van der Waals surface area contributed by atoms with E-state index in [4.69, 9.17) is 11.6 Å². The van der Waals surface area contributed by atoms with Crippen LogP contribution in [-0.2, 0) is 22.4 Å². The Morgan fingerprint density at radius 2 is 1.75 bits per heavy atom. The zero-order chi connectivity index (χ0) is 28.6. The molecule has 4 rings (SSSR count). The van der Waals surface area contributed by atoms with Gasteiger partial charge in [0.1, 0.15) is 23.3 Å². The van der Waals surface area contributed by atoms with Gasteiger partial charge in [0, 0.05) is 29.3 Å². The number of carboxylic acids is 1. The number of aryl methyl sites for hydroxylation is 1. The van der Waals surface area contributed by atoms with Gasteiger partial charge in [-0.05, 0) is 55.8 Å². The molecule has 0 bridgehead atoms. The van der Waals surface area contributed by atoms with Crippen LogP contribution in [0.15, 0.2) is 61.3 Å². The molecule has 0 saturated heterocycles. The second kappa shape index (κ2) is 13.2. The molecular weight excluding hydrogens is 530 g/mol. The van der Waals surface area contributed by atoms with E-state index in [0.717, 1.165) is 36.8 Å². The van der Waals surface area contributed by atoms with E-state index >= 15 is 0 Å². The number of hydrogen-bond donors (Lipinski definition) is 3. The van der Waals surface area contributed by atoms with Crippen LogP contribution in [0.25, 0.3) is 0 Å². The van der Waals surface area contributed by atoms with Crippen LogP contribution in [-0.4, -0.2) is 45.4 Å². The second-order valence-corrected chi connectivity index (χ2v) is 10.2. The van der Waals surface area contributed by atoms with E-state index in [0.29, 0.717) is 23.5 Å². The van der Waals surface area contributed by atoms with Crippen LogP contribution in [0.2, 0.25) is 5.15 Å². The molecule has 0 atom stereocenters. The summed E-state index contributed by atoms with van der Waals surface area (Å²) in [6, 6.07) is 14.7. The maximum Gasteiger partial charge on any atom is 0.308 e. The maximum absolute atomic E-state index is 12.7. The number of carbonyl (C=O) groups is 3. The Morgan fingerprint density at radius 1 is 1.07 bits per heavy atom. The van der Waals surface area contributed by atoms with Crippen LogP contribution in [0.5, 0.6) is 0 Å². The number of amides is 2. The number of rotatable bonds is 11. The van der Waals surface area contributed by atoms with Crippen molar-refractivity contribution >= 4 is 40.9 Å². The van der Waals surface area contributed by atoms with Gasteiger partial charge in [-0.15, -0.1) is 0 Å². The molecule has 40 heavy (non-hydrogen) atoms. The van der Waals surface area contributed by atoms with Crippen molar-refractivity contribution in [3.05, 3.63) is 94.5 Å². The summed E-state index contributed by atoms with van der Waals surface area (Å²) in [5.41, 5.74) is 3.34. The lowest BCUT2D eigenvalue weighted by molar-refractivity contribution is -0.136. The van der Waals surface area contributed by atoms with Crippen molar-refractivity contribution < 1.29 is 19.5 Å². The first-order chi connectivity index (χ1) is 19.2. The molecule has 3 aromatic rings. The average molecular weight is 562 g/mol. The van der Waals surface area contributed by atoms with Gasteiger partial charge >= 0.3 is 5.97 Å². The summed E-state index contributed by atoms with van der Waals surface area (Å²) in [5, 5.41) is 15.4. The lowest BCUT2D eigenvalue weighted by Crippen LogP contribution is -2.40. The van der Waals surface area contributed by atoms with Gasteiger partial charge in [0.2, 0.25) is 5.91 Å². The van der Waals surface area contributed by atoms with Crippen molar-refractivity contribution in [2.45, 2.75) is 51.5 Å². The van der Waals surface area contributed by atoms with Crippen molar-refractivity contribution in [3.63, 3.8) is 0 Å². The molecule has 1 heterocycles. The van der Waals surface area contributed by atoms with Crippen LogP contribution in [0.3, 0.4) is 0 Å². The molecule has 1 aliphatic rings. The normalized spacial score (nSPS) is 13.1. The predicted molar refractivity (Wildman–Crippen MR) is 155 cm³/mol. The van der Waals surface area contributed by atoms with Gasteiger partial charge in [-0.25, -0.2) is 9.97 Å². The molecule has 0 spiro atoms. The Labute approximate surface area is 238 Å². The molecule has 208 valence electrons. The number of carbonyl (C=O) groups excluding carboxylic acids is 2. The minimum atomic E-state index is -1.10. The Bertz CT molecular complexity index is 1390. The summed E-state index contributed by atoms with van der Waals surface area (Å²) < 4.78 is 0. The fourth-order valence-corrected chi connectivity index (χ4v) is 4.88. The summed E-state index contributed by atoms with van der Waals surface area (Å²) in [6.07, 6.45) is 5.40. The molecule has 9 nitrogen and oxygen atoms in total. The fourth-order valence-electron chi connectivity index (χ4n) is 4.63. The standard InChI is InChI=1S/C30H32ClN5O4/c1-3-36(18-26(37)32-22-6-4-5-7-22)29-24(17-27(38)39)28(31)34-25(35-29)16-20-10-14-23(15-11-20)33-30(40)21-12-8-19(2)9-13-21/h3,8-15,22H,1,4-7,16-18H2,2H3,(H,32,37)(H,33,40)(H,38,39). The molecule has 1 aliphatic carbocycles. The van der Waals surface area contributed by atoms with Gasteiger partial charge < -0.3 is 20.6 Å². The highest BCUT2D eigenvalue weighted by atomic mass is 35.5. The molecule has 0 aliphatic heterocycles. The second-order valence-electron chi connectivity index (χ2n) is 9.86. The van der Waals surface area contributed by atoms with Gasteiger partial charge in [-0.2, -0.15) is 0 Å². The summed E-state index contributed by atoms with van der Waals surface area (Å²) in [5.74, 6) is -0.914.